The van der Waals surface area contributed by atoms with Crippen LogP contribution in [0.3, 0.4) is 0 Å². The van der Waals surface area contributed by atoms with Crippen LogP contribution in [0.4, 0.5) is 17.1 Å². The molecule has 0 fully saturated rings. The van der Waals surface area contributed by atoms with Crippen molar-refractivity contribution in [3.63, 3.8) is 0 Å². The summed E-state index contributed by atoms with van der Waals surface area (Å²) in [6, 6.07) is 91.3. The first-order valence-electron chi connectivity index (χ1n) is 24.7. The molecular formula is C67H42N4O2. The molecule has 73 heavy (non-hydrogen) atoms. The van der Waals surface area contributed by atoms with Crippen LogP contribution in [0, 0.1) is 0 Å². The Morgan fingerprint density at radius 3 is 1.64 bits per heavy atom. The quantitative estimate of drug-likeness (QED) is 0.152. The zero-order valence-electron chi connectivity index (χ0n) is 39.4. The van der Waals surface area contributed by atoms with Crippen LogP contribution in [0.15, 0.2) is 264 Å². The van der Waals surface area contributed by atoms with Crippen molar-refractivity contribution in [3.05, 3.63) is 277 Å². The SMILES string of the molecule is c1ccc(C2(c3ccccc3)c3cc(N(c4ccc(-c5nc6ccccc6o5)cc4)c4cccc5ccccc45)ccc3-c3ccc(-n4c5ccccc5c5cc(-c6nc7ccccc7o6)ccc54)cc32)cc1. The van der Waals surface area contributed by atoms with E-state index in [0.29, 0.717) is 11.8 Å². The molecule has 14 aromatic rings. The Kier molecular flexibility index (Phi) is 9.07. The minimum absolute atomic E-state index is 0.597. The summed E-state index contributed by atoms with van der Waals surface area (Å²) in [7, 11) is 0. The monoisotopic (exact) mass is 934 g/mol. The summed E-state index contributed by atoms with van der Waals surface area (Å²) in [4.78, 5) is 12.1. The summed E-state index contributed by atoms with van der Waals surface area (Å²) in [6.45, 7) is 0. The van der Waals surface area contributed by atoms with E-state index in [1.165, 1.54) is 38.8 Å². The summed E-state index contributed by atoms with van der Waals surface area (Å²) in [5, 5.41) is 4.63. The topological polar surface area (TPSA) is 60.2 Å². The molecular weight excluding hydrogens is 893 g/mol. The van der Waals surface area contributed by atoms with Crippen molar-refractivity contribution >= 4 is 71.8 Å². The predicted octanol–water partition coefficient (Wildman–Crippen LogP) is 17.4. The number of oxazole rings is 2. The van der Waals surface area contributed by atoms with Gasteiger partial charge in [0.2, 0.25) is 11.8 Å². The van der Waals surface area contributed by atoms with Crippen LogP contribution in [0.25, 0.3) is 94.5 Å². The molecule has 15 rings (SSSR count). The minimum Gasteiger partial charge on any atom is -0.436 e. The lowest BCUT2D eigenvalue weighted by Gasteiger charge is -2.35. The van der Waals surface area contributed by atoms with Gasteiger partial charge in [0.15, 0.2) is 11.2 Å². The van der Waals surface area contributed by atoms with Crippen molar-refractivity contribution in [1.29, 1.82) is 0 Å². The molecule has 0 atom stereocenters. The van der Waals surface area contributed by atoms with E-state index >= 15 is 0 Å². The molecule has 0 spiro atoms. The molecule has 0 N–H and O–H groups in total. The largest absolute Gasteiger partial charge is 0.436 e. The first kappa shape index (κ1) is 41.0. The highest BCUT2D eigenvalue weighted by Gasteiger charge is 2.47. The number of benzene rings is 11. The lowest BCUT2D eigenvalue weighted by molar-refractivity contribution is 0.619. The van der Waals surface area contributed by atoms with E-state index in [-0.39, 0.29) is 0 Å². The molecule has 342 valence electrons. The van der Waals surface area contributed by atoms with Crippen molar-refractivity contribution in [3.8, 4) is 39.7 Å². The van der Waals surface area contributed by atoms with Crippen LogP contribution in [0.1, 0.15) is 22.3 Å². The highest BCUT2D eigenvalue weighted by atomic mass is 16.4. The number of nitrogens with zero attached hydrogens (tertiary/aromatic N) is 4. The van der Waals surface area contributed by atoms with E-state index in [2.05, 4.69) is 216 Å². The van der Waals surface area contributed by atoms with Gasteiger partial charge in [0, 0.05) is 44.3 Å². The van der Waals surface area contributed by atoms with Crippen molar-refractivity contribution in [2.24, 2.45) is 0 Å². The number of anilines is 3. The molecule has 1 aliphatic rings. The minimum atomic E-state index is -0.695. The molecule has 0 saturated heterocycles. The normalized spacial score (nSPS) is 12.8. The first-order valence-corrected chi connectivity index (χ1v) is 24.7. The van der Waals surface area contributed by atoms with Gasteiger partial charge in [-0.15, -0.1) is 0 Å². The smallest absolute Gasteiger partial charge is 0.227 e. The van der Waals surface area contributed by atoms with E-state index in [4.69, 9.17) is 18.8 Å². The molecule has 11 aromatic carbocycles. The summed E-state index contributed by atoms with van der Waals surface area (Å²) in [5.74, 6) is 1.21. The molecule has 0 bridgehead atoms. The maximum atomic E-state index is 6.29. The first-order chi connectivity index (χ1) is 36.2. The number of para-hydroxylation sites is 5. The lowest BCUT2D eigenvalue weighted by Crippen LogP contribution is -2.29. The van der Waals surface area contributed by atoms with Crippen LogP contribution in [0.5, 0.6) is 0 Å². The zero-order chi connectivity index (χ0) is 48.0. The Labute approximate surface area is 420 Å². The fraction of sp³-hybridized carbons (Fsp3) is 0.0149. The molecule has 6 nitrogen and oxygen atoms in total. The average molecular weight is 935 g/mol. The molecule has 0 saturated carbocycles. The molecule has 3 heterocycles. The average Bonchev–Trinajstić information content (AvgIpc) is 4.29. The van der Waals surface area contributed by atoms with Crippen LogP contribution in [-0.4, -0.2) is 14.5 Å². The van der Waals surface area contributed by atoms with Gasteiger partial charge >= 0.3 is 0 Å². The van der Waals surface area contributed by atoms with Crippen molar-refractivity contribution in [2.75, 3.05) is 4.90 Å². The highest BCUT2D eigenvalue weighted by molar-refractivity contribution is 6.10. The van der Waals surface area contributed by atoms with Gasteiger partial charge in [-0.3, -0.25) is 0 Å². The van der Waals surface area contributed by atoms with Crippen LogP contribution >= 0.6 is 0 Å². The zero-order valence-corrected chi connectivity index (χ0v) is 39.4. The highest BCUT2D eigenvalue weighted by Crippen LogP contribution is 2.58. The summed E-state index contributed by atoms with van der Waals surface area (Å²) >= 11 is 0. The van der Waals surface area contributed by atoms with Crippen molar-refractivity contribution in [2.45, 2.75) is 5.41 Å². The number of rotatable bonds is 8. The van der Waals surface area contributed by atoms with Crippen LogP contribution in [0.2, 0.25) is 0 Å². The van der Waals surface area contributed by atoms with E-state index < -0.39 is 5.41 Å². The Bertz CT molecular complexity index is 4340. The van der Waals surface area contributed by atoms with Gasteiger partial charge in [0.25, 0.3) is 0 Å². The molecule has 0 radical (unpaired) electrons. The van der Waals surface area contributed by atoms with E-state index in [1.807, 2.05) is 48.5 Å². The van der Waals surface area contributed by atoms with Gasteiger partial charge in [-0.2, -0.15) is 0 Å². The fourth-order valence-corrected chi connectivity index (χ4v) is 11.7. The Morgan fingerprint density at radius 1 is 0.384 bits per heavy atom. The van der Waals surface area contributed by atoms with Gasteiger partial charge in [-0.05, 0) is 142 Å². The third-order valence-corrected chi connectivity index (χ3v) is 14.9. The predicted molar refractivity (Wildman–Crippen MR) is 296 cm³/mol. The number of fused-ring (bicyclic) bond motifs is 9. The van der Waals surface area contributed by atoms with Crippen LogP contribution < -0.4 is 4.90 Å². The van der Waals surface area contributed by atoms with Gasteiger partial charge in [-0.1, -0.05) is 152 Å². The van der Waals surface area contributed by atoms with Crippen molar-refractivity contribution < 1.29 is 8.83 Å². The second-order valence-corrected chi connectivity index (χ2v) is 18.9. The van der Waals surface area contributed by atoms with E-state index in [1.54, 1.807) is 0 Å². The lowest BCUT2D eigenvalue weighted by atomic mass is 9.67. The second kappa shape index (κ2) is 16.1. The molecule has 3 aromatic heterocycles. The van der Waals surface area contributed by atoms with Gasteiger partial charge in [-0.25, -0.2) is 9.97 Å². The van der Waals surface area contributed by atoms with Crippen molar-refractivity contribution in [1.82, 2.24) is 14.5 Å². The molecule has 6 heteroatoms. The number of aromatic nitrogens is 3. The Morgan fingerprint density at radius 2 is 0.932 bits per heavy atom. The Balaban J connectivity index is 0.941. The summed E-state index contributed by atoms with van der Waals surface area (Å²) in [5.41, 5.74) is 18.1. The van der Waals surface area contributed by atoms with Gasteiger partial charge in [0.05, 0.1) is 22.1 Å². The summed E-state index contributed by atoms with van der Waals surface area (Å²) in [6.07, 6.45) is 0. The molecule has 0 amide bonds. The van der Waals surface area contributed by atoms with E-state index in [9.17, 15) is 0 Å². The van der Waals surface area contributed by atoms with E-state index in [0.717, 1.165) is 83.3 Å². The summed E-state index contributed by atoms with van der Waals surface area (Å²) < 4.78 is 15.0. The Hall–Kier alpha value is -9.78. The second-order valence-electron chi connectivity index (χ2n) is 18.9. The van der Waals surface area contributed by atoms with Crippen LogP contribution in [-0.2, 0) is 5.41 Å². The van der Waals surface area contributed by atoms with Gasteiger partial charge < -0.3 is 18.3 Å². The van der Waals surface area contributed by atoms with Gasteiger partial charge in [0.1, 0.15) is 11.0 Å². The fourth-order valence-electron chi connectivity index (χ4n) is 11.7. The molecule has 0 unspecified atom stereocenters. The molecule has 0 aliphatic heterocycles. The standard InChI is InChI=1S/C67H42N4O2/c1-3-18-46(19-4-1)67(47-20-5-2-6-21-47)56-41-49(70(60-27-15-17-43-16-7-8-22-51(43)60)48-33-30-44(31-34-48)65-68-58-24-10-13-28-63(58)72-65)35-37-52(56)53-38-36-50(42-57(53)67)71-61-26-12-9-23-54(61)55-40-45(32-39-62(55)71)66-69-59-25-11-14-29-64(59)73-66/h1-42H. The third kappa shape index (κ3) is 6.30. The number of hydrogen-bond donors (Lipinski definition) is 0. The molecule has 1 aliphatic carbocycles. The maximum absolute atomic E-state index is 6.29. The third-order valence-electron chi connectivity index (χ3n) is 14.9. The number of hydrogen-bond acceptors (Lipinski definition) is 5. The maximum Gasteiger partial charge on any atom is 0.227 e.